The van der Waals surface area contributed by atoms with Crippen molar-refractivity contribution in [3.05, 3.63) is 0 Å². The van der Waals surface area contributed by atoms with Crippen molar-refractivity contribution in [3.63, 3.8) is 0 Å². The lowest BCUT2D eigenvalue weighted by Crippen LogP contribution is -2.41. The molecule has 0 atom stereocenters. The van der Waals surface area contributed by atoms with E-state index in [-0.39, 0.29) is 18.6 Å². The molecule has 2 N–H and O–H groups in total. The standard InChI is InChI=1S/C12H25NO2/c1-11-3-5-12(10-15,6-4-11)9-13(2)7-8-14/h11,14-15H,3-10H2,1-2H3. The smallest absolute Gasteiger partial charge is 0.0558 e. The molecule has 0 bridgehead atoms. The van der Waals surface area contributed by atoms with Crippen molar-refractivity contribution in [1.82, 2.24) is 4.90 Å². The maximum atomic E-state index is 9.56. The van der Waals surface area contributed by atoms with Gasteiger partial charge in [-0.25, -0.2) is 0 Å². The van der Waals surface area contributed by atoms with Gasteiger partial charge in [0.2, 0.25) is 0 Å². The van der Waals surface area contributed by atoms with Crippen molar-refractivity contribution in [3.8, 4) is 0 Å². The van der Waals surface area contributed by atoms with Gasteiger partial charge in [0.05, 0.1) is 6.61 Å². The molecule has 0 aromatic heterocycles. The van der Waals surface area contributed by atoms with Crippen LogP contribution in [0.25, 0.3) is 0 Å². The van der Waals surface area contributed by atoms with E-state index < -0.39 is 0 Å². The van der Waals surface area contributed by atoms with Gasteiger partial charge in [-0.1, -0.05) is 19.8 Å². The molecule has 1 saturated carbocycles. The summed E-state index contributed by atoms with van der Waals surface area (Å²) < 4.78 is 0. The maximum Gasteiger partial charge on any atom is 0.0558 e. The van der Waals surface area contributed by atoms with Crippen molar-refractivity contribution in [1.29, 1.82) is 0 Å². The first-order chi connectivity index (χ1) is 7.12. The molecule has 1 rings (SSSR count). The third-order valence-electron chi connectivity index (χ3n) is 3.76. The van der Waals surface area contributed by atoms with Crippen LogP contribution in [-0.2, 0) is 0 Å². The summed E-state index contributed by atoms with van der Waals surface area (Å²) in [6.07, 6.45) is 4.71. The van der Waals surface area contributed by atoms with E-state index in [4.69, 9.17) is 5.11 Å². The van der Waals surface area contributed by atoms with E-state index in [0.717, 1.165) is 25.3 Å². The fourth-order valence-electron chi connectivity index (χ4n) is 2.56. The zero-order valence-electron chi connectivity index (χ0n) is 10.1. The molecule has 90 valence electrons. The van der Waals surface area contributed by atoms with E-state index in [9.17, 15) is 5.11 Å². The minimum absolute atomic E-state index is 0.0937. The van der Waals surface area contributed by atoms with Crippen molar-refractivity contribution in [2.24, 2.45) is 11.3 Å². The number of aliphatic hydroxyl groups is 2. The third-order valence-corrected chi connectivity index (χ3v) is 3.76. The van der Waals surface area contributed by atoms with Crippen LogP contribution in [0.2, 0.25) is 0 Å². The molecule has 1 aliphatic rings. The molecule has 15 heavy (non-hydrogen) atoms. The second kappa shape index (κ2) is 5.83. The van der Waals surface area contributed by atoms with Gasteiger partial charge >= 0.3 is 0 Å². The Kier molecular flexibility index (Phi) is 5.03. The second-order valence-electron chi connectivity index (χ2n) is 5.30. The minimum Gasteiger partial charge on any atom is -0.396 e. The Labute approximate surface area is 93.1 Å². The summed E-state index contributed by atoms with van der Waals surface area (Å²) in [5.41, 5.74) is 0.0937. The lowest BCUT2D eigenvalue weighted by molar-refractivity contribution is 0.0326. The number of nitrogens with zero attached hydrogens (tertiary/aromatic N) is 1. The SMILES string of the molecule is CC1CCC(CO)(CN(C)CCO)CC1. The van der Waals surface area contributed by atoms with Crippen LogP contribution in [0, 0.1) is 11.3 Å². The molecule has 0 aliphatic heterocycles. The average Bonchev–Trinajstić information content (AvgIpc) is 2.22. The monoisotopic (exact) mass is 215 g/mol. The summed E-state index contributed by atoms with van der Waals surface area (Å²) in [7, 11) is 2.02. The molecule has 1 fully saturated rings. The van der Waals surface area contributed by atoms with Gasteiger partial charge < -0.3 is 15.1 Å². The summed E-state index contributed by atoms with van der Waals surface area (Å²) in [5, 5.41) is 18.4. The fraction of sp³-hybridized carbons (Fsp3) is 1.00. The van der Waals surface area contributed by atoms with Crippen LogP contribution in [0.1, 0.15) is 32.6 Å². The highest BCUT2D eigenvalue weighted by molar-refractivity contribution is 4.86. The average molecular weight is 215 g/mol. The van der Waals surface area contributed by atoms with E-state index >= 15 is 0 Å². The highest BCUT2D eigenvalue weighted by Crippen LogP contribution is 2.38. The van der Waals surface area contributed by atoms with Crippen LogP contribution in [0.4, 0.5) is 0 Å². The Morgan fingerprint density at radius 3 is 2.33 bits per heavy atom. The molecule has 0 saturated heterocycles. The first-order valence-electron chi connectivity index (χ1n) is 6.02. The molecule has 3 heteroatoms. The lowest BCUT2D eigenvalue weighted by Gasteiger charge is -2.40. The first-order valence-corrected chi connectivity index (χ1v) is 6.02. The molecular formula is C12H25NO2. The summed E-state index contributed by atoms with van der Waals surface area (Å²) in [6.45, 7) is 4.40. The zero-order valence-corrected chi connectivity index (χ0v) is 10.1. The van der Waals surface area contributed by atoms with Gasteiger partial charge in [0, 0.05) is 25.1 Å². The Morgan fingerprint density at radius 1 is 1.27 bits per heavy atom. The molecule has 0 unspecified atom stereocenters. The Balaban J connectivity index is 2.46. The molecular weight excluding hydrogens is 190 g/mol. The summed E-state index contributed by atoms with van der Waals surface area (Å²) in [4.78, 5) is 2.13. The molecule has 0 heterocycles. The molecule has 0 amide bonds. The van der Waals surface area contributed by atoms with E-state index in [1.54, 1.807) is 0 Å². The molecule has 3 nitrogen and oxygen atoms in total. The molecule has 0 radical (unpaired) electrons. The number of hydrogen-bond acceptors (Lipinski definition) is 3. The second-order valence-corrected chi connectivity index (χ2v) is 5.30. The van der Waals surface area contributed by atoms with E-state index in [2.05, 4.69) is 11.8 Å². The number of hydrogen-bond donors (Lipinski definition) is 2. The summed E-state index contributed by atoms with van der Waals surface area (Å²) in [5.74, 6) is 0.813. The molecule has 0 aromatic carbocycles. The quantitative estimate of drug-likeness (QED) is 0.722. The van der Waals surface area contributed by atoms with Crippen LogP contribution in [0.5, 0.6) is 0 Å². The summed E-state index contributed by atoms with van der Waals surface area (Å²) in [6, 6.07) is 0. The molecule has 0 spiro atoms. The largest absolute Gasteiger partial charge is 0.396 e. The van der Waals surface area contributed by atoms with Gasteiger partial charge in [-0.15, -0.1) is 0 Å². The summed E-state index contributed by atoms with van der Waals surface area (Å²) >= 11 is 0. The zero-order chi connectivity index (χ0) is 11.3. The Morgan fingerprint density at radius 2 is 1.87 bits per heavy atom. The topological polar surface area (TPSA) is 43.7 Å². The van der Waals surface area contributed by atoms with Gasteiger partial charge in [0.15, 0.2) is 0 Å². The number of rotatable bonds is 5. The van der Waals surface area contributed by atoms with Crippen LogP contribution >= 0.6 is 0 Å². The van der Waals surface area contributed by atoms with Gasteiger partial charge in [-0.2, -0.15) is 0 Å². The predicted octanol–water partition coefficient (Wildman–Crippen LogP) is 1.10. The fourth-order valence-corrected chi connectivity index (χ4v) is 2.56. The van der Waals surface area contributed by atoms with Crippen molar-refractivity contribution in [2.45, 2.75) is 32.6 Å². The molecule has 1 aliphatic carbocycles. The number of likely N-dealkylation sites (N-methyl/N-ethyl adjacent to an activating group) is 1. The van der Waals surface area contributed by atoms with Gasteiger partial charge in [0.1, 0.15) is 0 Å². The van der Waals surface area contributed by atoms with Crippen LogP contribution in [-0.4, -0.2) is 48.5 Å². The van der Waals surface area contributed by atoms with E-state index in [1.807, 2.05) is 7.05 Å². The highest BCUT2D eigenvalue weighted by atomic mass is 16.3. The van der Waals surface area contributed by atoms with Gasteiger partial charge in [0.25, 0.3) is 0 Å². The van der Waals surface area contributed by atoms with E-state index in [0.29, 0.717) is 6.54 Å². The van der Waals surface area contributed by atoms with Gasteiger partial charge in [-0.3, -0.25) is 0 Å². The molecule has 0 aromatic rings. The van der Waals surface area contributed by atoms with Crippen LogP contribution < -0.4 is 0 Å². The first kappa shape index (κ1) is 12.9. The van der Waals surface area contributed by atoms with Crippen molar-refractivity contribution >= 4 is 0 Å². The lowest BCUT2D eigenvalue weighted by atomic mass is 9.71. The maximum absolute atomic E-state index is 9.56. The normalized spacial score (nSPS) is 32.2. The van der Waals surface area contributed by atoms with Crippen LogP contribution in [0.15, 0.2) is 0 Å². The van der Waals surface area contributed by atoms with Crippen molar-refractivity contribution < 1.29 is 10.2 Å². The third kappa shape index (κ3) is 3.74. The highest BCUT2D eigenvalue weighted by Gasteiger charge is 2.34. The van der Waals surface area contributed by atoms with Crippen molar-refractivity contribution in [2.75, 3.05) is 33.4 Å². The Bertz CT molecular complexity index is 176. The number of aliphatic hydroxyl groups excluding tert-OH is 2. The minimum atomic E-state index is 0.0937. The van der Waals surface area contributed by atoms with Crippen LogP contribution in [0.3, 0.4) is 0 Å². The van der Waals surface area contributed by atoms with Gasteiger partial charge in [-0.05, 0) is 25.8 Å². The van der Waals surface area contributed by atoms with E-state index in [1.165, 1.54) is 12.8 Å². The Hall–Kier alpha value is -0.120. The predicted molar refractivity (Wildman–Crippen MR) is 61.7 cm³/mol.